The van der Waals surface area contributed by atoms with Crippen LogP contribution >= 0.6 is 0 Å². The second kappa shape index (κ2) is 5.41. The lowest BCUT2D eigenvalue weighted by Crippen LogP contribution is -2.12. The Balaban J connectivity index is 0.000000288. The second-order valence-corrected chi connectivity index (χ2v) is 4.06. The molecule has 0 spiro atoms. The maximum atomic E-state index is 12.1. The highest BCUT2D eigenvalue weighted by atomic mass is 32.2. The summed E-state index contributed by atoms with van der Waals surface area (Å²) < 4.78 is 39.1. The Bertz CT molecular complexity index is 470. The molecule has 0 saturated carbocycles. The van der Waals surface area contributed by atoms with Crippen molar-refractivity contribution in [3.05, 3.63) is 22.5 Å². The summed E-state index contributed by atoms with van der Waals surface area (Å²) in [6, 6.07) is 0. The molecule has 0 fully saturated rings. The van der Waals surface area contributed by atoms with Crippen molar-refractivity contribution in [3.8, 4) is 0 Å². The Hall–Kier alpha value is -1.48. The highest BCUT2D eigenvalue weighted by molar-refractivity contribution is 7.85. The summed E-state index contributed by atoms with van der Waals surface area (Å²) in [5.74, 6) is -1.20. The molecule has 0 radical (unpaired) electrons. The van der Waals surface area contributed by atoms with Gasteiger partial charge in [-0.25, -0.2) is 9.18 Å². The molecule has 4 N–H and O–H groups in total. The van der Waals surface area contributed by atoms with Gasteiger partial charge in [0.05, 0.1) is 11.9 Å². The molecule has 0 bridgehead atoms. The number of anilines is 1. The minimum atomic E-state index is -3.66. The molecule has 1 aromatic heterocycles. The molecule has 0 aliphatic heterocycles. The number of nitrogen functional groups attached to an aromatic ring is 1. The van der Waals surface area contributed by atoms with Crippen molar-refractivity contribution in [3.63, 3.8) is 0 Å². The second-order valence-electron chi connectivity index (χ2n) is 2.32. The van der Waals surface area contributed by atoms with Crippen LogP contribution in [0.25, 0.3) is 0 Å². The van der Waals surface area contributed by atoms with Crippen LogP contribution in [0.15, 0.2) is 11.0 Å². The van der Waals surface area contributed by atoms with Gasteiger partial charge in [-0.2, -0.15) is 13.4 Å². The number of aromatic nitrogens is 2. The van der Waals surface area contributed by atoms with Gasteiger partial charge < -0.3 is 5.73 Å². The summed E-state index contributed by atoms with van der Waals surface area (Å²) in [6.45, 7) is 1.37. The number of nitrogens with zero attached hydrogens (tertiary/aromatic N) is 1. The Morgan fingerprint density at radius 2 is 2.13 bits per heavy atom. The lowest BCUT2D eigenvalue weighted by molar-refractivity contribution is 0.484. The van der Waals surface area contributed by atoms with Crippen molar-refractivity contribution in [1.29, 1.82) is 0 Å². The zero-order valence-electron chi connectivity index (χ0n) is 7.77. The number of hydrogen-bond donors (Lipinski definition) is 3. The Labute approximate surface area is 84.9 Å². The molecular formula is C6H10FN3O4S. The SMILES string of the molecule is CCS(=O)(=O)O.Nc1[nH]c(=O)ncc1F. The molecule has 0 aromatic carbocycles. The summed E-state index contributed by atoms with van der Waals surface area (Å²) in [4.78, 5) is 15.3. The van der Waals surface area contributed by atoms with E-state index in [2.05, 4.69) is 4.98 Å². The quantitative estimate of drug-likeness (QED) is 0.561. The number of halogens is 1. The van der Waals surface area contributed by atoms with Gasteiger partial charge in [0.15, 0.2) is 5.82 Å². The van der Waals surface area contributed by atoms with Crippen LogP contribution in [-0.2, 0) is 10.1 Å². The molecule has 0 aliphatic carbocycles. The molecule has 86 valence electrons. The lowest BCUT2D eigenvalue weighted by Gasteiger charge is -1.89. The number of rotatable bonds is 1. The largest absolute Gasteiger partial charge is 0.383 e. The van der Waals surface area contributed by atoms with E-state index in [1.54, 1.807) is 0 Å². The van der Waals surface area contributed by atoms with E-state index in [-0.39, 0.29) is 11.6 Å². The third-order valence-electron chi connectivity index (χ3n) is 1.16. The predicted molar refractivity (Wildman–Crippen MR) is 51.3 cm³/mol. The monoisotopic (exact) mass is 239 g/mol. The number of hydrogen-bond acceptors (Lipinski definition) is 5. The van der Waals surface area contributed by atoms with Crippen LogP contribution in [0.3, 0.4) is 0 Å². The normalized spacial score (nSPS) is 10.3. The number of nitrogens with two attached hydrogens (primary N) is 1. The van der Waals surface area contributed by atoms with Crippen LogP contribution < -0.4 is 11.4 Å². The van der Waals surface area contributed by atoms with Crippen LogP contribution in [0.4, 0.5) is 10.2 Å². The van der Waals surface area contributed by atoms with Gasteiger partial charge in [0.25, 0.3) is 10.1 Å². The maximum absolute atomic E-state index is 12.1. The van der Waals surface area contributed by atoms with Gasteiger partial charge in [0, 0.05) is 0 Å². The number of aromatic amines is 1. The molecular weight excluding hydrogens is 229 g/mol. The first-order valence-electron chi connectivity index (χ1n) is 3.71. The minimum absolute atomic E-state index is 0.201. The van der Waals surface area contributed by atoms with Crippen LogP contribution in [0.1, 0.15) is 6.92 Å². The Morgan fingerprint density at radius 1 is 1.67 bits per heavy atom. The molecule has 9 heteroatoms. The van der Waals surface area contributed by atoms with Gasteiger partial charge in [-0.15, -0.1) is 0 Å². The van der Waals surface area contributed by atoms with E-state index in [1.165, 1.54) is 6.92 Å². The first-order valence-corrected chi connectivity index (χ1v) is 5.32. The van der Waals surface area contributed by atoms with Crippen molar-refractivity contribution in [2.45, 2.75) is 6.92 Å². The Kier molecular flexibility index (Phi) is 4.88. The summed E-state index contributed by atoms with van der Waals surface area (Å²) in [6.07, 6.45) is 0.772. The topological polar surface area (TPSA) is 126 Å². The summed E-state index contributed by atoms with van der Waals surface area (Å²) >= 11 is 0. The van der Waals surface area contributed by atoms with Gasteiger partial charge in [0.2, 0.25) is 0 Å². The molecule has 0 saturated heterocycles. The zero-order valence-corrected chi connectivity index (χ0v) is 8.58. The summed E-state index contributed by atoms with van der Waals surface area (Å²) in [5.41, 5.74) is 4.31. The molecule has 0 atom stereocenters. The van der Waals surface area contributed by atoms with Gasteiger partial charge in [-0.05, 0) is 6.92 Å². The van der Waals surface area contributed by atoms with Gasteiger partial charge in [0.1, 0.15) is 5.82 Å². The maximum Gasteiger partial charge on any atom is 0.346 e. The first kappa shape index (κ1) is 13.5. The van der Waals surface area contributed by atoms with Crippen LogP contribution in [0.2, 0.25) is 0 Å². The summed E-state index contributed by atoms with van der Waals surface area (Å²) in [5, 5.41) is 0. The van der Waals surface area contributed by atoms with Crippen molar-refractivity contribution < 1.29 is 17.4 Å². The van der Waals surface area contributed by atoms with Crippen LogP contribution in [0.5, 0.6) is 0 Å². The fourth-order valence-electron chi connectivity index (χ4n) is 0.392. The first-order chi connectivity index (χ1) is 6.76. The predicted octanol–water partition coefficient (Wildman–Crippen LogP) is -0.615. The van der Waals surface area contributed by atoms with Crippen LogP contribution in [0, 0.1) is 5.82 Å². The zero-order chi connectivity index (χ0) is 12.1. The van der Waals surface area contributed by atoms with E-state index in [0.29, 0.717) is 0 Å². The minimum Gasteiger partial charge on any atom is -0.383 e. The molecule has 0 aliphatic rings. The molecule has 0 unspecified atom stereocenters. The van der Waals surface area contributed by atoms with Crippen molar-refractivity contribution in [2.24, 2.45) is 0 Å². The van der Waals surface area contributed by atoms with Crippen molar-refractivity contribution in [2.75, 3.05) is 11.5 Å². The standard InChI is InChI=1S/C4H4FN3O.C2H6O3S/c5-2-1-7-4(9)8-3(2)6;1-2-6(3,4)5/h1H,(H3,6,7,8,9);2H2,1H3,(H,3,4,5). The molecule has 1 aromatic rings. The van der Waals surface area contributed by atoms with E-state index >= 15 is 0 Å². The average molecular weight is 239 g/mol. The average Bonchev–Trinajstić information content (AvgIpc) is 2.12. The van der Waals surface area contributed by atoms with E-state index in [0.717, 1.165) is 6.20 Å². The number of nitrogens with one attached hydrogen (secondary N) is 1. The third-order valence-corrected chi connectivity index (χ3v) is 1.89. The highest BCUT2D eigenvalue weighted by Gasteiger charge is 1.95. The smallest absolute Gasteiger partial charge is 0.346 e. The fraction of sp³-hybridized carbons (Fsp3) is 0.333. The van der Waals surface area contributed by atoms with E-state index in [1.807, 2.05) is 4.98 Å². The van der Waals surface area contributed by atoms with Gasteiger partial charge in [-0.1, -0.05) is 0 Å². The third kappa shape index (κ3) is 6.57. The molecule has 7 nitrogen and oxygen atoms in total. The molecule has 0 amide bonds. The number of H-pyrrole nitrogens is 1. The van der Waals surface area contributed by atoms with Crippen molar-refractivity contribution in [1.82, 2.24) is 9.97 Å². The molecule has 15 heavy (non-hydrogen) atoms. The summed E-state index contributed by atoms with van der Waals surface area (Å²) in [7, 11) is -3.66. The van der Waals surface area contributed by atoms with Crippen molar-refractivity contribution >= 4 is 15.9 Å². The van der Waals surface area contributed by atoms with Crippen LogP contribution in [-0.4, -0.2) is 28.7 Å². The molecule has 1 rings (SSSR count). The Morgan fingerprint density at radius 3 is 2.40 bits per heavy atom. The van der Waals surface area contributed by atoms with Gasteiger partial charge in [-0.3, -0.25) is 9.54 Å². The van der Waals surface area contributed by atoms with E-state index in [4.69, 9.17) is 10.3 Å². The van der Waals surface area contributed by atoms with E-state index < -0.39 is 21.6 Å². The highest BCUT2D eigenvalue weighted by Crippen LogP contribution is 1.96. The lowest BCUT2D eigenvalue weighted by atomic mass is 10.6. The van der Waals surface area contributed by atoms with E-state index in [9.17, 15) is 17.6 Å². The van der Waals surface area contributed by atoms with Gasteiger partial charge >= 0.3 is 5.69 Å². The fourth-order valence-corrected chi connectivity index (χ4v) is 0.392. The molecule has 1 heterocycles.